The van der Waals surface area contributed by atoms with Crippen molar-refractivity contribution in [3.63, 3.8) is 0 Å². The van der Waals surface area contributed by atoms with Crippen LogP contribution in [0.15, 0.2) is 4.40 Å². The predicted octanol–water partition coefficient (Wildman–Crippen LogP) is -1.22. The van der Waals surface area contributed by atoms with Crippen LogP contribution in [0.4, 0.5) is 0 Å². The first-order valence-corrected chi connectivity index (χ1v) is 2.06. The molecule has 4 nitrogen and oxygen atoms in total. The third kappa shape index (κ3) is 3.58. The first kappa shape index (κ1) is 5.58. The van der Waals surface area contributed by atoms with Gasteiger partial charge in [-0.3, -0.25) is 5.14 Å². The van der Waals surface area contributed by atoms with Crippen LogP contribution in [-0.4, -0.2) is 5.96 Å². The van der Waals surface area contributed by atoms with Gasteiger partial charge >= 0.3 is 0 Å². The van der Waals surface area contributed by atoms with E-state index in [1.807, 2.05) is 0 Å². The fourth-order valence-electron chi connectivity index (χ4n) is 0.0609. The van der Waals surface area contributed by atoms with Crippen LogP contribution >= 0.6 is 12.1 Å². The van der Waals surface area contributed by atoms with Crippen LogP contribution in [0.25, 0.3) is 0 Å². The minimum Gasteiger partial charge on any atom is -0.369 e. The Kier molecular flexibility index (Phi) is 2.60. The van der Waals surface area contributed by atoms with Gasteiger partial charge in [-0.25, -0.2) is 0 Å². The van der Waals surface area contributed by atoms with Gasteiger partial charge in [-0.15, -0.1) is 0 Å². The lowest BCUT2D eigenvalue weighted by atomic mass is 11.1. The van der Waals surface area contributed by atoms with E-state index < -0.39 is 0 Å². The lowest BCUT2D eigenvalue weighted by Gasteiger charge is -1.80. The van der Waals surface area contributed by atoms with Gasteiger partial charge in [0.25, 0.3) is 0 Å². The van der Waals surface area contributed by atoms with Crippen molar-refractivity contribution in [1.29, 1.82) is 0 Å². The summed E-state index contributed by atoms with van der Waals surface area (Å²) in [6.07, 6.45) is 0. The van der Waals surface area contributed by atoms with Crippen LogP contribution in [0.1, 0.15) is 0 Å². The summed E-state index contributed by atoms with van der Waals surface area (Å²) in [5.74, 6) is 0.00231. The number of hydrogen-bond acceptors (Lipinski definition) is 3. The number of nitrogens with two attached hydrogens (primary N) is 3. The number of guanidine groups is 1. The second-order valence-electron chi connectivity index (χ2n) is 0.622. The Morgan fingerprint density at radius 1 is 1.50 bits per heavy atom. The summed E-state index contributed by atoms with van der Waals surface area (Å²) in [6.45, 7) is 0. The number of hydrogen-bond donors (Lipinski definition) is 3. The van der Waals surface area contributed by atoms with Crippen LogP contribution in [0.2, 0.25) is 0 Å². The Labute approximate surface area is 40.0 Å². The fraction of sp³-hybridized carbons (Fsp3) is 0. The molecule has 0 aromatic heterocycles. The second-order valence-corrected chi connectivity index (χ2v) is 1.01. The van der Waals surface area contributed by atoms with Gasteiger partial charge in [-0.05, 0) is 0 Å². The second kappa shape index (κ2) is 2.80. The van der Waals surface area contributed by atoms with Crippen molar-refractivity contribution >= 4 is 18.1 Å². The van der Waals surface area contributed by atoms with E-state index in [1.54, 1.807) is 0 Å². The highest BCUT2D eigenvalue weighted by Gasteiger charge is 1.69. The van der Waals surface area contributed by atoms with Gasteiger partial charge in [0, 0.05) is 0 Å². The molecule has 0 aromatic rings. The Hall–Kier alpha value is -0.420. The van der Waals surface area contributed by atoms with Crippen molar-refractivity contribution < 1.29 is 0 Å². The predicted molar refractivity (Wildman–Crippen MR) is 27.6 cm³/mol. The normalized spacial score (nSPS) is 7.50. The zero-order valence-electron chi connectivity index (χ0n) is 3.09. The summed E-state index contributed by atoms with van der Waals surface area (Å²) in [7, 11) is 0. The van der Waals surface area contributed by atoms with E-state index >= 15 is 0 Å². The first-order chi connectivity index (χ1) is 2.77. The van der Waals surface area contributed by atoms with E-state index in [1.165, 1.54) is 0 Å². The Bertz CT molecular complexity index is 54.6. The Morgan fingerprint density at radius 2 is 2.00 bits per heavy atom. The SMILES string of the molecule is NSN=C(N)N. The summed E-state index contributed by atoms with van der Waals surface area (Å²) < 4.78 is 3.29. The molecular weight excluding hydrogens is 100 g/mol. The molecule has 36 valence electrons. The lowest BCUT2D eigenvalue weighted by Crippen LogP contribution is -2.21. The van der Waals surface area contributed by atoms with E-state index in [9.17, 15) is 0 Å². The zero-order valence-corrected chi connectivity index (χ0v) is 3.90. The third-order valence-electron chi connectivity index (χ3n) is 0.158. The first-order valence-electron chi connectivity index (χ1n) is 1.22. The van der Waals surface area contributed by atoms with Gasteiger partial charge in [-0.1, -0.05) is 0 Å². The quantitative estimate of drug-likeness (QED) is 0.222. The van der Waals surface area contributed by atoms with Crippen LogP contribution in [0.5, 0.6) is 0 Å². The summed E-state index contributed by atoms with van der Waals surface area (Å²) in [6, 6.07) is 0. The summed E-state index contributed by atoms with van der Waals surface area (Å²) >= 11 is 0.748. The maximum atomic E-state index is 4.83. The van der Waals surface area contributed by atoms with Gasteiger partial charge in [0.2, 0.25) is 0 Å². The molecule has 0 unspecified atom stereocenters. The zero-order chi connectivity index (χ0) is 4.99. The van der Waals surface area contributed by atoms with E-state index in [2.05, 4.69) is 4.40 Å². The Balaban J connectivity index is 3.14. The number of rotatable bonds is 1. The largest absolute Gasteiger partial charge is 0.369 e. The standard InChI is InChI=1S/CH6N4S/c2-1(3)5-6-4/h4H2,(H4,2,3,5). The molecule has 0 aliphatic heterocycles. The molecule has 6 heavy (non-hydrogen) atoms. The molecule has 0 rings (SSSR count). The fourth-order valence-corrected chi connectivity index (χ4v) is 0.183. The molecule has 0 radical (unpaired) electrons. The van der Waals surface area contributed by atoms with Gasteiger partial charge in [-0.2, -0.15) is 4.40 Å². The van der Waals surface area contributed by atoms with Gasteiger partial charge in [0.1, 0.15) is 0 Å². The molecule has 0 aliphatic rings. The highest BCUT2D eigenvalue weighted by atomic mass is 32.2. The average Bonchev–Trinajstić information content (AvgIpc) is 1.35. The summed E-state index contributed by atoms with van der Waals surface area (Å²) in [5.41, 5.74) is 9.66. The van der Waals surface area contributed by atoms with Crippen molar-refractivity contribution in [1.82, 2.24) is 0 Å². The maximum Gasteiger partial charge on any atom is 0.199 e. The van der Waals surface area contributed by atoms with Crippen LogP contribution in [-0.2, 0) is 0 Å². The molecule has 0 atom stereocenters. The molecule has 0 saturated heterocycles. The molecule has 0 amide bonds. The van der Waals surface area contributed by atoms with E-state index in [0.29, 0.717) is 0 Å². The average molecular weight is 106 g/mol. The molecule has 6 N–H and O–H groups in total. The summed E-state index contributed by atoms with van der Waals surface area (Å²) in [4.78, 5) is 0. The minimum absolute atomic E-state index is 0.00231. The molecule has 5 heteroatoms. The Morgan fingerprint density at radius 3 is 2.00 bits per heavy atom. The van der Waals surface area contributed by atoms with Gasteiger partial charge in [0.05, 0.1) is 12.1 Å². The molecule has 0 bridgehead atoms. The van der Waals surface area contributed by atoms with E-state index in [4.69, 9.17) is 16.6 Å². The minimum atomic E-state index is 0.00231. The topological polar surface area (TPSA) is 90.4 Å². The molecule has 0 saturated carbocycles. The smallest absolute Gasteiger partial charge is 0.199 e. The van der Waals surface area contributed by atoms with Crippen molar-refractivity contribution in [3.05, 3.63) is 0 Å². The monoisotopic (exact) mass is 106 g/mol. The van der Waals surface area contributed by atoms with Crippen LogP contribution in [0, 0.1) is 0 Å². The molecule has 0 aliphatic carbocycles. The highest BCUT2D eigenvalue weighted by Crippen LogP contribution is 1.80. The van der Waals surface area contributed by atoms with Crippen LogP contribution in [0.3, 0.4) is 0 Å². The third-order valence-corrected chi connectivity index (χ3v) is 0.474. The van der Waals surface area contributed by atoms with Crippen LogP contribution < -0.4 is 16.6 Å². The maximum absolute atomic E-state index is 4.83. The molecule has 0 spiro atoms. The van der Waals surface area contributed by atoms with Crippen molar-refractivity contribution in [2.24, 2.45) is 21.0 Å². The summed E-state index contributed by atoms with van der Waals surface area (Å²) in [5, 5.41) is 4.80. The van der Waals surface area contributed by atoms with Crippen molar-refractivity contribution in [2.45, 2.75) is 0 Å². The molecule has 0 aromatic carbocycles. The van der Waals surface area contributed by atoms with Crippen molar-refractivity contribution in [3.8, 4) is 0 Å². The highest BCUT2D eigenvalue weighted by molar-refractivity contribution is 7.95. The van der Waals surface area contributed by atoms with Gasteiger partial charge < -0.3 is 11.5 Å². The van der Waals surface area contributed by atoms with E-state index in [-0.39, 0.29) is 5.96 Å². The molecule has 0 fully saturated rings. The van der Waals surface area contributed by atoms with E-state index in [0.717, 1.165) is 12.1 Å². The molecule has 0 heterocycles. The van der Waals surface area contributed by atoms with Gasteiger partial charge in [0.15, 0.2) is 5.96 Å². The molecular formula is CH6N4S. The lowest BCUT2D eigenvalue weighted by molar-refractivity contribution is 1.53. The number of nitrogens with zero attached hydrogens (tertiary/aromatic N) is 1. The van der Waals surface area contributed by atoms with Crippen molar-refractivity contribution in [2.75, 3.05) is 0 Å².